The Hall–Kier alpha value is -4.72. The molecule has 3 aromatic carbocycles. The molecule has 0 amide bonds. The second kappa shape index (κ2) is 11.3. The number of aryl methyl sites for hydroxylation is 1. The SMILES string of the molecule is COc1ccc(C=NC(c2ccc(Cl)nc2)(c2ccc3[nH]c(=O)cc(-c4cccc(Cl)c4)c3c2)c2cncn2C)cc1. The topological polar surface area (TPSA) is 85.2 Å². The largest absolute Gasteiger partial charge is 0.497 e. The molecule has 208 valence electrons. The number of pyridine rings is 2. The number of hydrogen-bond acceptors (Lipinski definition) is 5. The number of fused-ring (bicyclic) bond motifs is 1. The Balaban J connectivity index is 1.66. The van der Waals surface area contributed by atoms with E-state index in [0.29, 0.717) is 15.7 Å². The van der Waals surface area contributed by atoms with Gasteiger partial charge in [-0.15, -0.1) is 0 Å². The molecule has 0 fully saturated rings. The molecule has 0 aliphatic rings. The van der Waals surface area contributed by atoms with Crippen molar-refractivity contribution in [2.75, 3.05) is 7.11 Å². The molecule has 1 N–H and O–H groups in total. The number of methoxy groups -OCH3 is 1. The minimum Gasteiger partial charge on any atom is -0.497 e. The first-order valence-electron chi connectivity index (χ1n) is 13.1. The van der Waals surface area contributed by atoms with E-state index >= 15 is 0 Å². The van der Waals surface area contributed by atoms with Crippen molar-refractivity contribution in [1.29, 1.82) is 0 Å². The number of nitrogens with zero attached hydrogens (tertiary/aromatic N) is 4. The lowest BCUT2D eigenvalue weighted by Gasteiger charge is -2.31. The Morgan fingerprint density at radius 3 is 2.45 bits per heavy atom. The molecule has 42 heavy (non-hydrogen) atoms. The van der Waals surface area contributed by atoms with Gasteiger partial charge in [0.25, 0.3) is 0 Å². The first-order chi connectivity index (χ1) is 20.4. The number of ether oxygens (including phenoxy) is 1. The molecule has 6 rings (SSSR count). The summed E-state index contributed by atoms with van der Waals surface area (Å²) in [5.41, 5.74) is 4.30. The number of aromatic nitrogens is 4. The summed E-state index contributed by atoms with van der Waals surface area (Å²) in [5, 5.41) is 1.79. The van der Waals surface area contributed by atoms with Crippen molar-refractivity contribution >= 4 is 40.3 Å². The maximum absolute atomic E-state index is 12.7. The molecule has 0 aliphatic heterocycles. The monoisotopic (exact) mass is 593 g/mol. The third kappa shape index (κ3) is 5.09. The predicted octanol–water partition coefficient (Wildman–Crippen LogP) is 7.05. The van der Waals surface area contributed by atoms with Crippen LogP contribution in [0.1, 0.15) is 22.4 Å². The zero-order valence-electron chi connectivity index (χ0n) is 22.8. The number of aliphatic imine (C=N–C) groups is 1. The number of benzene rings is 3. The highest BCUT2D eigenvalue weighted by atomic mass is 35.5. The molecule has 6 aromatic rings. The molecular formula is C33H25Cl2N5O2. The zero-order chi connectivity index (χ0) is 29.3. The molecule has 0 spiro atoms. The van der Waals surface area contributed by atoms with E-state index in [1.54, 1.807) is 44.0 Å². The van der Waals surface area contributed by atoms with Crippen LogP contribution in [0, 0.1) is 0 Å². The van der Waals surface area contributed by atoms with E-state index in [9.17, 15) is 4.79 Å². The molecule has 3 heterocycles. The average Bonchev–Trinajstić information content (AvgIpc) is 3.44. The Kier molecular flexibility index (Phi) is 7.37. The van der Waals surface area contributed by atoms with Crippen LogP contribution in [0.15, 0.2) is 113 Å². The lowest BCUT2D eigenvalue weighted by atomic mass is 9.80. The predicted molar refractivity (Wildman–Crippen MR) is 168 cm³/mol. The number of H-pyrrole nitrogens is 1. The molecule has 9 heteroatoms. The van der Waals surface area contributed by atoms with Crippen molar-refractivity contribution in [3.8, 4) is 16.9 Å². The van der Waals surface area contributed by atoms with Crippen LogP contribution < -0.4 is 10.3 Å². The van der Waals surface area contributed by atoms with E-state index in [4.69, 9.17) is 32.9 Å². The normalized spacial score (nSPS) is 13.0. The average molecular weight is 595 g/mol. The number of aromatic amines is 1. The zero-order valence-corrected chi connectivity index (χ0v) is 24.3. The first-order valence-corrected chi connectivity index (χ1v) is 13.8. The Labute approximate surface area is 252 Å². The fraction of sp³-hybridized carbons (Fsp3) is 0.0909. The van der Waals surface area contributed by atoms with Crippen molar-refractivity contribution in [2.24, 2.45) is 12.0 Å². The summed E-state index contributed by atoms with van der Waals surface area (Å²) in [6.45, 7) is 0. The van der Waals surface area contributed by atoms with E-state index in [1.165, 1.54) is 0 Å². The van der Waals surface area contributed by atoms with Gasteiger partial charge in [0.15, 0.2) is 5.54 Å². The van der Waals surface area contributed by atoms with E-state index in [1.807, 2.05) is 78.5 Å². The van der Waals surface area contributed by atoms with Gasteiger partial charge in [-0.3, -0.25) is 9.79 Å². The standard InChI is InChI=1S/C33H25Cl2N5O2/c1-40-20-36-19-30(40)33(24-9-13-31(35)37-18-24,38-17-21-6-10-26(42-2)11-7-21)23-8-12-29-28(15-23)27(16-32(41)39-29)22-4-3-5-25(34)14-22/h3-20H,1-2H3,(H,39,41). The van der Waals surface area contributed by atoms with E-state index in [-0.39, 0.29) is 5.56 Å². The van der Waals surface area contributed by atoms with Crippen molar-refractivity contribution in [3.05, 3.63) is 147 Å². The van der Waals surface area contributed by atoms with Crippen LogP contribution in [0.5, 0.6) is 5.75 Å². The van der Waals surface area contributed by atoms with Crippen LogP contribution in [0.25, 0.3) is 22.0 Å². The number of halogens is 2. The summed E-state index contributed by atoms with van der Waals surface area (Å²) in [6.07, 6.45) is 7.10. The van der Waals surface area contributed by atoms with E-state index in [2.05, 4.69) is 21.0 Å². The van der Waals surface area contributed by atoms with Crippen molar-refractivity contribution in [1.82, 2.24) is 19.5 Å². The number of hydrogen-bond donors (Lipinski definition) is 1. The highest BCUT2D eigenvalue weighted by Gasteiger charge is 2.39. The second-order valence-electron chi connectivity index (χ2n) is 9.82. The van der Waals surface area contributed by atoms with Gasteiger partial charge in [-0.25, -0.2) is 9.97 Å². The van der Waals surface area contributed by atoms with Gasteiger partial charge < -0.3 is 14.3 Å². The summed E-state index contributed by atoms with van der Waals surface area (Å²) in [4.78, 5) is 29.8. The molecule has 1 atom stereocenters. The number of rotatable bonds is 7. The van der Waals surface area contributed by atoms with E-state index < -0.39 is 5.54 Å². The highest BCUT2D eigenvalue weighted by molar-refractivity contribution is 6.31. The summed E-state index contributed by atoms with van der Waals surface area (Å²) in [6, 6.07) is 26.3. The van der Waals surface area contributed by atoms with Crippen LogP contribution in [-0.4, -0.2) is 32.8 Å². The number of nitrogens with one attached hydrogen (secondary N) is 1. The van der Waals surface area contributed by atoms with Crippen LogP contribution in [0.3, 0.4) is 0 Å². The first kappa shape index (κ1) is 27.4. The molecule has 0 saturated heterocycles. The fourth-order valence-corrected chi connectivity index (χ4v) is 5.51. The fourth-order valence-electron chi connectivity index (χ4n) is 5.21. The smallest absolute Gasteiger partial charge is 0.249 e. The van der Waals surface area contributed by atoms with Gasteiger partial charge in [0.2, 0.25) is 5.56 Å². The minimum absolute atomic E-state index is 0.206. The maximum Gasteiger partial charge on any atom is 0.249 e. The molecular weight excluding hydrogens is 569 g/mol. The molecule has 0 radical (unpaired) electrons. The molecule has 0 aliphatic carbocycles. The minimum atomic E-state index is -1.08. The van der Waals surface area contributed by atoms with Gasteiger partial charge in [0.1, 0.15) is 10.9 Å². The van der Waals surface area contributed by atoms with Gasteiger partial charge >= 0.3 is 0 Å². The van der Waals surface area contributed by atoms with Gasteiger partial charge in [0, 0.05) is 47.0 Å². The summed E-state index contributed by atoms with van der Waals surface area (Å²) in [7, 11) is 3.56. The molecule has 3 aromatic heterocycles. The second-order valence-corrected chi connectivity index (χ2v) is 10.6. The van der Waals surface area contributed by atoms with Gasteiger partial charge in [-0.2, -0.15) is 0 Å². The number of imidazole rings is 1. The van der Waals surface area contributed by atoms with Crippen molar-refractivity contribution in [3.63, 3.8) is 0 Å². The Morgan fingerprint density at radius 1 is 0.952 bits per heavy atom. The molecule has 1 unspecified atom stereocenters. The highest BCUT2D eigenvalue weighted by Crippen LogP contribution is 2.42. The molecule has 0 saturated carbocycles. The van der Waals surface area contributed by atoms with Gasteiger partial charge in [-0.1, -0.05) is 47.5 Å². The van der Waals surface area contributed by atoms with Crippen molar-refractivity contribution in [2.45, 2.75) is 5.54 Å². The van der Waals surface area contributed by atoms with E-state index in [0.717, 1.165) is 44.6 Å². The summed E-state index contributed by atoms with van der Waals surface area (Å²) < 4.78 is 7.27. The summed E-state index contributed by atoms with van der Waals surface area (Å²) >= 11 is 12.6. The third-order valence-electron chi connectivity index (χ3n) is 7.25. The maximum atomic E-state index is 12.7. The van der Waals surface area contributed by atoms with Crippen LogP contribution >= 0.6 is 23.2 Å². The van der Waals surface area contributed by atoms with Crippen LogP contribution in [0.2, 0.25) is 10.2 Å². The van der Waals surface area contributed by atoms with Gasteiger partial charge in [-0.05, 0) is 76.9 Å². The Bertz CT molecular complexity index is 1980. The van der Waals surface area contributed by atoms with Gasteiger partial charge in [0.05, 0.1) is 25.3 Å². The lowest BCUT2D eigenvalue weighted by molar-refractivity contribution is 0.415. The Morgan fingerprint density at radius 2 is 1.76 bits per heavy atom. The van der Waals surface area contributed by atoms with Crippen LogP contribution in [-0.2, 0) is 12.6 Å². The van der Waals surface area contributed by atoms with Crippen molar-refractivity contribution < 1.29 is 4.74 Å². The quantitative estimate of drug-likeness (QED) is 0.159. The third-order valence-corrected chi connectivity index (χ3v) is 7.71. The van der Waals surface area contributed by atoms with Crippen LogP contribution in [0.4, 0.5) is 0 Å². The molecule has 0 bridgehead atoms. The lowest BCUT2D eigenvalue weighted by Crippen LogP contribution is -2.30. The molecule has 7 nitrogen and oxygen atoms in total. The summed E-state index contributed by atoms with van der Waals surface area (Å²) in [5.74, 6) is 0.754.